The summed E-state index contributed by atoms with van der Waals surface area (Å²) in [5.41, 5.74) is 9.91. The highest BCUT2D eigenvalue weighted by molar-refractivity contribution is 7.90. The zero-order valence-electron chi connectivity index (χ0n) is 21.8. The molecule has 39 heavy (non-hydrogen) atoms. The minimum absolute atomic E-state index is 0.0932. The second kappa shape index (κ2) is 9.21. The van der Waals surface area contributed by atoms with Crippen molar-refractivity contribution >= 4 is 33.1 Å². The molecular formula is C26H28N6O6S. The number of benzene rings is 2. The summed E-state index contributed by atoms with van der Waals surface area (Å²) in [5.74, 6) is 0. The fraction of sp³-hybridized carbons (Fsp3) is 0.385. The molecule has 1 aromatic heterocycles. The third-order valence-electron chi connectivity index (χ3n) is 6.88. The topological polar surface area (TPSA) is 164 Å². The average Bonchev–Trinajstić information content (AvgIpc) is 3.40. The van der Waals surface area contributed by atoms with Crippen LogP contribution in [0.25, 0.3) is 21.3 Å². The van der Waals surface area contributed by atoms with E-state index >= 15 is 0 Å². The standard InChI is InChI=1S/C26H28N6O6S/c1-15-8-10-17(11-9-15)39(35,36)32-13-18-20-16(6-5-7-19(20)32)12-26(14-37-24(34)29-26)22(21(18)30-31-27)28-23(33)38-25(2,3)4/h5-11,13,21-22H,12,14H2,1-4H3,(H,28,33)(H,29,34)/t21-,22-,26+/m0/s1. The minimum atomic E-state index is -4.04. The molecule has 13 heteroatoms. The zero-order chi connectivity index (χ0) is 28.2. The van der Waals surface area contributed by atoms with Gasteiger partial charge in [0, 0.05) is 22.9 Å². The predicted octanol–water partition coefficient (Wildman–Crippen LogP) is 4.47. The fourth-order valence-electron chi connectivity index (χ4n) is 5.26. The van der Waals surface area contributed by atoms with Gasteiger partial charge >= 0.3 is 12.2 Å². The largest absolute Gasteiger partial charge is 0.447 e. The fourth-order valence-corrected chi connectivity index (χ4v) is 6.63. The Balaban J connectivity index is 1.73. The summed E-state index contributed by atoms with van der Waals surface area (Å²) in [6, 6.07) is 9.53. The Morgan fingerprint density at radius 3 is 2.59 bits per heavy atom. The van der Waals surface area contributed by atoms with Gasteiger partial charge in [-0.2, -0.15) is 0 Å². The number of aryl methyl sites for hydroxylation is 1. The zero-order valence-corrected chi connectivity index (χ0v) is 22.7. The first-order valence-electron chi connectivity index (χ1n) is 12.3. The van der Waals surface area contributed by atoms with E-state index in [1.807, 2.05) is 13.0 Å². The minimum Gasteiger partial charge on any atom is -0.447 e. The van der Waals surface area contributed by atoms with E-state index in [1.54, 1.807) is 45.0 Å². The molecule has 2 aromatic carbocycles. The molecule has 2 heterocycles. The van der Waals surface area contributed by atoms with Crippen LogP contribution in [0.1, 0.15) is 43.5 Å². The number of azide groups is 1. The number of hydrogen-bond acceptors (Lipinski definition) is 7. The van der Waals surface area contributed by atoms with Gasteiger partial charge in [0.25, 0.3) is 10.0 Å². The van der Waals surface area contributed by atoms with Crippen LogP contribution in [0.15, 0.2) is 58.7 Å². The molecule has 1 aliphatic carbocycles. The van der Waals surface area contributed by atoms with Crippen LogP contribution in [-0.4, -0.2) is 48.4 Å². The summed E-state index contributed by atoms with van der Waals surface area (Å²) in [6.45, 7) is 6.86. The van der Waals surface area contributed by atoms with Gasteiger partial charge < -0.3 is 20.1 Å². The van der Waals surface area contributed by atoms with Crippen LogP contribution in [0.3, 0.4) is 0 Å². The van der Waals surface area contributed by atoms with Crippen LogP contribution in [0, 0.1) is 6.92 Å². The van der Waals surface area contributed by atoms with Gasteiger partial charge in [-0.3, -0.25) is 0 Å². The second-order valence-electron chi connectivity index (χ2n) is 10.8. The molecule has 1 spiro atoms. The molecule has 0 radical (unpaired) electrons. The summed E-state index contributed by atoms with van der Waals surface area (Å²) in [5, 5.41) is 10.2. The lowest BCUT2D eigenvalue weighted by atomic mass is 9.82. The number of hydrogen-bond donors (Lipinski definition) is 2. The number of ether oxygens (including phenoxy) is 2. The number of aromatic nitrogens is 1. The molecule has 2 aliphatic rings. The SMILES string of the molecule is Cc1ccc(S(=O)(=O)n2cc3c4c(cccc42)C[C@@]2(COC(=O)N2)[C@@H](NC(=O)OC(C)(C)C)[C@H]3N=[N+]=[N-])cc1. The van der Waals surface area contributed by atoms with Crippen molar-refractivity contribution < 1.29 is 27.5 Å². The Labute approximate surface area is 225 Å². The van der Waals surface area contributed by atoms with Gasteiger partial charge in [0.2, 0.25) is 0 Å². The van der Waals surface area contributed by atoms with E-state index in [-0.39, 0.29) is 17.9 Å². The van der Waals surface area contributed by atoms with Gasteiger partial charge in [0.1, 0.15) is 17.7 Å². The summed E-state index contributed by atoms with van der Waals surface area (Å²) >= 11 is 0. The van der Waals surface area contributed by atoms with Gasteiger partial charge in [0.05, 0.1) is 22.5 Å². The third kappa shape index (κ3) is 4.64. The van der Waals surface area contributed by atoms with Crippen LogP contribution < -0.4 is 10.6 Å². The van der Waals surface area contributed by atoms with Crippen molar-refractivity contribution in [1.29, 1.82) is 0 Å². The van der Waals surface area contributed by atoms with Gasteiger partial charge in [-0.25, -0.2) is 22.0 Å². The quantitative estimate of drug-likeness (QED) is 0.275. The molecule has 2 N–H and O–H groups in total. The van der Waals surface area contributed by atoms with Crippen molar-refractivity contribution in [3.63, 3.8) is 0 Å². The molecule has 1 fully saturated rings. The Hall–Kier alpha value is -4.22. The van der Waals surface area contributed by atoms with E-state index in [4.69, 9.17) is 9.47 Å². The number of nitrogens with zero attached hydrogens (tertiary/aromatic N) is 4. The number of alkyl carbamates (subject to hydrolysis) is 2. The molecule has 1 aliphatic heterocycles. The molecule has 0 unspecified atom stereocenters. The highest BCUT2D eigenvalue weighted by atomic mass is 32.2. The van der Waals surface area contributed by atoms with Crippen molar-refractivity contribution in [3.05, 3.63) is 75.8 Å². The summed E-state index contributed by atoms with van der Waals surface area (Å²) < 4.78 is 39.5. The number of cyclic esters (lactones) is 1. The molecule has 1 saturated heterocycles. The van der Waals surface area contributed by atoms with Crippen LogP contribution in [0.4, 0.5) is 9.59 Å². The molecule has 3 atom stereocenters. The lowest BCUT2D eigenvalue weighted by Gasteiger charge is -2.38. The smallest absolute Gasteiger partial charge is 0.407 e. The Morgan fingerprint density at radius 2 is 1.97 bits per heavy atom. The molecule has 12 nitrogen and oxygen atoms in total. The van der Waals surface area contributed by atoms with Crippen LogP contribution >= 0.6 is 0 Å². The van der Waals surface area contributed by atoms with E-state index in [9.17, 15) is 23.5 Å². The first kappa shape index (κ1) is 26.4. The molecule has 204 valence electrons. The number of carbonyl (C=O) groups is 2. The Bertz CT molecular complexity index is 1640. The number of amides is 2. The highest BCUT2D eigenvalue weighted by Gasteiger charge is 2.53. The normalized spacial score (nSPS) is 22.5. The third-order valence-corrected chi connectivity index (χ3v) is 8.57. The predicted molar refractivity (Wildman–Crippen MR) is 142 cm³/mol. The van der Waals surface area contributed by atoms with Gasteiger partial charge in [0.15, 0.2) is 0 Å². The molecule has 5 rings (SSSR count). The van der Waals surface area contributed by atoms with Gasteiger partial charge in [-0.15, -0.1) is 0 Å². The number of nitrogens with one attached hydrogen (secondary N) is 2. The van der Waals surface area contributed by atoms with E-state index in [0.717, 1.165) is 9.54 Å². The van der Waals surface area contributed by atoms with Crippen molar-refractivity contribution in [2.45, 2.75) is 62.2 Å². The summed E-state index contributed by atoms with van der Waals surface area (Å²) in [4.78, 5) is 28.4. The van der Waals surface area contributed by atoms with Gasteiger partial charge in [-0.05, 0) is 62.6 Å². The Morgan fingerprint density at radius 1 is 1.26 bits per heavy atom. The summed E-state index contributed by atoms with van der Waals surface area (Å²) in [6.07, 6.45) is 0.107. The average molecular weight is 553 g/mol. The molecule has 0 saturated carbocycles. The first-order chi connectivity index (χ1) is 18.3. The van der Waals surface area contributed by atoms with Crippen molar-refractivity contribution in [2.24, 2.45) is 5.11 Å². The van der Waals surface area contributed by atoms with Gasteiger partial charge in [-0.1, -0.05) is 34.9 Å². The summed E-state index contributed by atoms with van der Waals surface area (Å²) in [7, 11) is -4.04. The van der Waals surface area contributed by atoms with Crippen LogP contribution in [0.5, 0.6) is 0 Å². The van der Waals surface area contributed by atoms with E-state index < -0.39 is 45.4 Å². The molecule has 2 amide bonds. The lowest BCUT2D eigenvalue weighted by molar-refractivity contribution is 0.0451. The second-order valence-corrected chi connectivity index (χ2v) is 12.6. The molecular weight excluding hydrogens is 524 g/mol. The van der Waals surface area contributed by atoms with Crippen LogP contribution in [0.2, 0.25) is 0 Å². The maximum absolute atomic E-state index is 13.8. The number of rotatable bonds is 4. The van der Waals surface area contributed by atoms with E-state index in [2.05, 4.69) is 20.7 Å². The van der Waals surface area contributed by atoms with E-state index in [1.165, 1.54) is 18.3 Å². The Kier molecular flexibility index (Phi) is 6.23. The highest BCUT2D eigenvalue weighted by Crippen LogP contribution is 2.43. The maximum atomic E-state index is 13.8. The lowest BCUT2D eigenvalue weighted by Crippen LogP contribution is -2.63. The first-order valence-corrected chi connectivity index (χ1v) is 13.7. The monoisotopic (exact) mass is 552 g/mol. The molecule has 0 bridgehead atoms. The molecule has 3 aromatic rings. The van der Waals surface area contributed by atoms with Crippen LogP contribution in [-0.2, 0) is 25.9 Å². The van der Waals surface area contributed by atoms with Crippen molar-refractivity contribution in [1.82, 2.24) is 14.6 Å². The number of carbonyl (C=O) groups excluding carboxylic acids is 2. The van der Waals surface area contributed by atoms with E-state index in [0.29, 0.717) is 22.0 Å². The van der Waals surface area contributed by atoms with Crippen molar-refractivity contribution in [3.8, 4) is 0 Å². The van der Waals surface area contributed by atoms with Crippen molar-refractivity contribution in [2.75, 3.05) is 6.61 Å². The maximum Gasteiger partial charge on any atom is 0.407 e.